The first-order chi connectivity index (χ1) is 26.9. The van der Waals surface area contributed by atoms with Crippen molar-refractivity contribution in [1.29, 1.82) is 0 Å². The van der Waals surface area contributed by atoms with Crippen LogP contribution in [-0.4, -0.2) is 114 Å². The summed E-state index contributed by atoms with van der Waals surface area (Å²) in [7, 11) is 0. The van der Waals surface area contributed by atoms with Gasteiger partial charge >= 0.3 is 5.97 Å². The quantitative estimate of drug-likeness (QED) is 0.109. The third-order valence-electron chi connectivity index (χ3n) is 16.0. The van der Waals surface area contributed by atoms with Crippen molar-refractivity contribution in [3.05, 3.63) is 11.6 Å². The molecule has 2 aliphatic carbocycles. The summed E-state index contributed by atoms with van der Waals surface area (Å²) in [6.45, 7) is 8.91. The van der Waals surface area contributed by atoms with E-state index in [0.717, 1.165) is 90.3 Å². The van der Waals surface area contributed by atoms with Gasteiger partial charge in [-0.15, -0.1) is 0 Å². The lowest BCUT2D eigenvalue weighted by atomic mass is 9.53. The van der Waals surface area contributed by atoms with Crippen molar-refractivity contribution in [2.45, 2.75) is 159 Å². The smallest absolute Gasteiger partial charge is 0.339 e. The first kappa shape index (κ1) is 42.6. The first-order valence-corrected chi connectivity index (χ1v) is 22.5. The number of hydrogen-bond acceptors (Lipinski definition) is 11. The molecule has 56 heavy (non-hydrogen) atoms. The number of fused-ring (bicyclic) bond motifs is 4. The average molecular weight is 790 g/mol. The third-order valence-corrected chi connectivity index (χ3v) is 16.0. The number of quaternary nitrogens is 2. The Morgan fingerprint density at radius 1 is 1.04 bits per heavy atom. The van der Waals surface area contributed by atoms with Crippen LogP contribution in [0.3, 0.4) is 0 Å². The first-order valence-electron chi connectivity index (χ1n) is 22.5. The molecule has 0 aromatic carbocycles. The van der Waals surface area contributed by atoms with Gasteiger partial charge in [0.25, 0.3) is 0 Å². The number of ketones is 1. The van der Waals surface area contributed by atoms with E-state index < -0.39 is 48.0 Å². The summed E-state index contributed by atoms with van der Waals surface area (Å²) in [6.07, 6.45) is 8.41. The van der Waals surface area contributed by atoms with Gasteiger partial charge in [-0.2, -0.15) is 0 Å². The number of hydrogen-bond donors (Lipinski definition) is 8. The molecular formula is C43H75N5O8+2. The SMILES string of the molecule is CC=C(C[NH2+]CC)C(=O)O[C@H]1CC2C(O)C3C(=O)CC(CO)OC3C3C2O[C@@]1(C)[C@H](CC1CCC(N)[NH2+]C1)CCC1C(N)NCCC1[C@@H]3CC1CCCC(O)C1. The summed E-state index contributed by atoms with van der Waals surface area (Å²) in [5, 5.41) is 41.7. The minimum absolute atomic E-state index is 0.0275. The fraction of sp³-hybridized carbons (Fsp3) is 0.907. The molecule has 2 bridgehead atoms. The predicted octanol–water partition coefficient (Wildman–Crippen LogP) is 0.0436. The van der Waals surface area contributed by atoms with Gasteiger partial charge in [-0.05, 0) is 115 Å². The number of aliphatic hydroxyl groups excluding tert-OH is 3. The summed E-state index contributed by atoms with van der Waals surface area (Å²) in [6, 6.07) is 0. The normalized spacial score (nSPS) is 47.3. The molecule has 318 valence electrons. The number of Topliss-reactive ketones (excluding diaryl/α,β-unsaturated/α-hetero) is 1. The Bertz CT molecular complexity index is 1380. The van der Waals surface area contributed by atoms with Crippen LogP contribution in [0, 0.1) is 53.3 Å². The number of aliphatic hydroxyl groups is 3. The van der Waals surface area contributed by atoms with Crippen LogP contribution >= 0.6 is 0 Å². The van der Waals surface area contributed by atoms with Gasteiger partial charge in [-0.25, -0.2) is 4.79 Å². The number of rotatable bonds is 10. The van der Waals surface area contributed by atoms with Crippen LogP contribution in [0.2, 0.25) is 0 Å². The van der Waals surface area contributed by atoms with Gasteiger partial charge in [0.05, 0.1) is 67.9 Å². The van der Waals surface area contributed by atoms with Crippen LogP contribution < -0.4 is 27.4 Å². The maximum absolute atomic E-state index is 14.2. The van der Waals surface area contributed by atoms with Crippen LogP contribution in [-0.2, 0) is 23.8 Å². The second-order valence-electron chi connectivity index (χ2n) is 19.2. The topological polar surface area (TPSA) is 220 Å². The van der Waals surface area contributed by atoms with Crippen molar-refractivity contribution in [2.24, 2.45) is 64.7 Å². The fourth-order valence-electron chi connectivity index (χ4n) is 12.9. The molecule has 0 radical (unpaired) electrons. The molecule has 12 N–H and O–H groups in total. The molecule has 2 saturated carbocycles. The molecule has 5 saturated heterocycles. The lowest BCUT2D eigenvalue weighted by Crippen LogP contribution is -2.95. The monoisotopic (exact) mass is 790 g/mol. The standard InChI is InChI=1S/C43H73N5O8/c1-4-25(21-46-5-2)42(53)55-34-19-32-38(52)37-33(51)18-28(22-49)54-40(37)36-31(17-23-7-6-8-27(50)16-23)29-13-14-47-41(45)30(29)11-10-26(43(34,3)56-39(32)36)15-24-9-12-35(44)48-20-24/h4,23-24,26-32,34-41,46-50,52H,5-22,44-45H2,1-3H3/p+2/t23?,24?,26-,27?,28?,29?,30?,31-,32?,34-,35?,36?,37?,38?,39?,40?,41?,43-/m0/s1. The van der Waals surface area contributed by atoms with Gasteiger partial charge in [0.2, 0.25) is 0 Å². The Hall–Kier alpha value is -1.52. The highest BCUT2D eigenvalue weighted by atomic mass is 16.6. The number of likely N-dealkylation sites (N-methyl/N-ethyl adjacent to an activating group) is 1. The minimum atomic E-state index is -1.05. The van der Waals surface area contributed by atoms with E-state index in [0.29, 0.717) is 30.4 Å². The number of ether oxygens (including phenoxy) is 3. The van der Waals surface area contributed by atoms with E-state index in [1.807, 2.05) is 13.0 Å². The Kier molecular flexibility index (Phi) is 14.0. The zero-order valence-electron chi connectivity index (χ0n) is 34.3. The minimum Gasteiger partial charge on any atom is -0.456 e. The molecular weight excluding hydrogens is 714 g/mol. The Morgan fingerprint density at radius 3 is 2.57 bits per heavy atom. The third kappa shape index (κ3) is 8.69. The molecule has 5 aliphatic heterocycles. The maximum Gasteiger partial charge on any atom is 0.339 e. The van der Waals surface area contributed by atoms with Crippen molar-refractivity contribution in [1.82, 2.24) is 5.32 Å². The zero-order chi connectivity index (χ0) is 39.7. The molecule has 18 atom stereocenters. The van der Waals surface area contributed by atoms with Crippen molar-refractivity contribution in [3.8, 4) is 0 Å². The highest BCUT2D eigenvalue weighted by molar-refractivity contribution is 5.88. The van der Waals surface area contributed by atoms with Gasteiger partial charge in [0.1, 0.15) is 30.2 Å². The van der Waals surface area contributed by atoms with E-state index in [1.54, 1.807) is 0 Å². The average Bonchev–Trinajstić information content (AvgIpc) is 3.17. The highest BCUT2D eigenvalue weighted by Gasteiger charge is 2.65. The molecule has 14 unspecified atom stereocenters. The number of carbonyl (C=O) groups excluding carboxylic acids is 2. The predicted molar refractivity (Wildman–Crippen MR) is 209 cm³/mol. The summed E-state index contributed by atoms with van der Waals surface area (Å²) < 4.78 is 21.2. The van der Waals surface area contributed by atoms with Gasteiger partial charge in [0, 0.05) is 30.6 Å². The molecule has 13 heteroatoms. The van der Waals surface area contributed by atoms with Crippen LogP contribution in [0.1, 0.15) is 104 Å². The largest absolute Gasteiger partial charge is 0.456 e. The molecule has 5 heterocycles. The lowest BCUT2D eigenvalue weighted by molar-refractivity contribution is -0.703. The van der Waals surface area contributed by atoms with E-state index >= 15 is 0 Å². The second kappa shape index (κ2) is 18.4. The Balaban J connectivity index is 1.35. The van der Waals surface area contributed by atoms with Crippen molar-refractivity contribution in [3.63, 3.8) is 0 Å². The van der Waals surface area contributed by atoms with E-state index in [1.165, 1.54) is 0 Å². The van der Waals surface area contributed by atoms with E-state index in [2.05, 4.69) is 29.8 Å². The van der Waals surface area contributed by atoms with Gasteiger partial charge in [-0.3, -0.25) is 10.5 Å². The summed E-state index contributed by atoms with van der Waals surface area (Å²) in [5.41, 5.74) is 13.2. The molecule has 7 fully saturated rings. The number of nitrogens with one attached hydrogen (secondary N) is 1. The molecule has 7 aliphatic rings. The molecule has 0 aromatic heterocycles. The highest BCUT2D eigenvalue weighted by Crippen LogP contribution is 2.58. The number of allylic oxidation sites excluding steroid dienone is 1. The van der Waals surface area contributed by atoms with E-state index in [4.69, 9.17) is 25.7 Å². The number of piperidine rings is 2. The van der Waals surface area contributed by atoms with E-state index in [-0.39, 0.29) is 72.8 Å². The number of esters is 1. The van der Waals surface area contributed by atoms with Crippen LogP contribution in [0.15, 0.2) is 11.6 Å². The summed E-state index contributed by atoms with van der Waals surface area (Å²) in [4.78, 5) is 28.3. The van der Waals surface area contributed by atoms with Crippen LogP contribution in [0.4, 0.5) is 0 Å². The molecule has 7 rings (SSSR count). The summed E-state index contributed by atoms with van der Waals surface area (Å²) in [5.74, 6) is -0.752. The lowest BCUT2D eigenvalue weighted by Gasteiger charge is -2.62. The molecule has 0 aromatic rings. The van der Waals surface area contributed by atoms with Crippen LogP contribution in [0.25, 0.3) is 0 Å². The van der Waals surface area contributed by atoms with Crippen molar-refractivity contribution in [2.75, 3.05) is 32.8 Å². The molecule has 0 amide bonds. The van der Waals surface area contributed by atoms with Crippen LogP contribution in [0.5, 0.6) is 0 Å². The Labute approximate surface area is 334 Å². The van der Waals surface area contributed by atoms with Crippen molar-refractivity contribution >= 4 is 11.8 Å². The van der Waals surface area contributed by atoms with Gasteiger partial charge in [0.15, 0.2) is 0 Å². The second-order valence-corrected chi connectivity index (χ2v) is 19.2. The fourth-order valence-corrected chi connectivity index (χ4v) is 12.9. The molecule has 0 spiro atoms. The maximum atomic E-state index is 14.2. The van der Waals surface area contributed by atoms with E-state index in [9.17, 15) is 24.9 Å². The van der Waals surface area contributed by atoms with Gasteiger partial charge < -0.3 is 51.2 Å². The zero-order valence-corrected chi connectivity index (χ0v) is 34.3. The number of carbonyl (C=O) groups is 2. The number of nitrogens with two attached hydrogens (primary N) is 4. The molecule has 13 nitrogen and oxygen atoms in total. The Morgan fingerprint density at radius 2 is 1.86 bits per heavy atom. The van der Waals surface area contributed by atoms with Crippen molar-refractivity contribution < 1.29 is 49.8 Å². The summed E-state index contributed by atoms with van der Waals surface area (Å²) >= 11 is 0. The van der Waals surface area contributed by atoms with Gasteiger partial charge in [-0.1, -0.05) is 18.9 Å².